The van der Waals surface area contributed by atoms with E-state index in [1.165, 1.54) is 0 Å². The summed E-state index contributed by atoms with van der Waals surface area (Å²) in [7, 11) is 0. The minimum Gasteiger partial charge on any atom is -0.273 e. The van der Waals surface area contributed by atoms with Crippen LogP contribution in [0.15, 0.2) is 109 Å². The lowest BCUT2D eigenvalue weighted by Crippen LogP contribution is -2.35. The molecule has 202 valence electrons. The summed E-state index contributed by atoms with van der Waals surface area (Å²) in [4.78, 5) is 42.9. The summed E-state index contributed by atoms with van der Waals surface area (Å²) >= 11 is 0. The summed E-state index contributed by atoms with van der Waals surface area (Å²) in [6, 6.07) is 35.9. The summed E-state index contributed by atoms with van der Waals surface area (Å²) in [6.07, 6.45) is 0. The highest BCUT2D eigenvalue weighted by atomic mass is 16.2. The molecule has 1 fully saturated rings. The fourth-order valence-electron chi connectivity index (χ4n) is 5.10. The molecule has 0 atom stereocenters. The highest BCUT2D eigenvalue weighted by molar-refractivity contribution is 6.24. The van der Waals surface area contributed by atoms with Crippen molar-refractivity contribution in [2.45, 2.75) is 27.7 Å². The van der Waals surface area contributed by atoms with E-state index in [2.05, 4.69) is 0 Å². The molecule has 0 bridgehead atoms. The quantitative estimate of drug-likeness (QED) is 0.217. The maximum atomic E-state index is 13.7. The first-order valence-corrected chi connectivity index (χ1v) is 13.6. The zero-order valence-electron chi connectivity index (χ0n) is 23.5. The third-order valence-electron chi connectivity index (χ3n) is 8.34. The van der Waals surface area contributed by atoms with Crippen molar-refractivity contribution >= 4 is 17.8 Å². The van der Waals surface area contributed by atoms with Gasteiger partial charge in [-0.05, 0) is 56.0 Å². The number of aromatic nitrogens is 3. The first kappa shape index (κ1) is 26.3. The maximum Gasteiger partial charge on any atom is 0.243 e. The predicted molar refractivity (Wildman–Crippen MR) is 162 cm³/mol. The van der Waals surface area contributed by atoms with Crippen LogP contribution in [0.25, 0.3) is 45.0 Å². The van der Waals surface area contributed by atoms with Gasteiger partial charge in [-0.1, -0.05) is 103 Å². The summed E-state index contributed by atoms with van der Waals surface area (Å²) in [5.74, 6) is 0.146. The van der Waals surface area contributed by atoms with Gasteiger partial charge >= 0.3 is 0 Å². The SMILES string of the molecule is CC1(C)C(=O)N(c2nc(-c3cccc(-c4ccccc4)c3)nc(-c3ccccc3-c3ccccc3)n2)C(=O)C1(C)C. The van der Waals surface area contributed by atoms with Crippen LogP contribution in [-0.2, 0) is 9.59 Å². The number of rotatable bonds is 5. The van der Waals surface area contributed by atoms with Crippen LogP contribution in [0.5, 0.6) is 0 Å². The lowest BCUT2D eigenvalue weighted by atomic mass is 9.70. The molecule has 4 aromatic carbocycles. The third-order valence-corrected chi connectivity index (χ3v) is 8.34. The number of carbonyl (C=O) groups excluding carboxylic acids is 2. The van der Waals surface area contributed by atoms with Crippen LogP contribution in [0.1, 0.15) is 27.7 Å². The molecule has 0 radical (unpaired) electrons. The Hall–Kier alpha value is -4.97. The van der Waals surface area contributed by atoms with E-state index in [4.69, 9.17) is 15.0 Å². The van der Waals surface area contributed by atoms with Crippen LogP contribution < -0.4 is 4.90 Å². The summed E-state index contributed by atoms with van der Waals surface area (Å²) in [5.41, 5.74) is 3.70. The Kier molecular flexibility index (Phi) is 6.34. The zero-order valence-corrected chi connectivity index (χ0v) is 23.5. The molecule has 1 aromatic heterocycles. The second-order valence-electron chi connectivity index (χ2n) is 11.3. The molecular formula is C35H30N4O2. The van der Waals surface area contributed by atoms with Gasteiger partial charge in [0.05, 0.1) is 10.8 Å². The van der Waals surface area contributed by atoms with E-state index in [1.807, 2.05) is 109 Å². The highest BCUT2D eigenvalue weighted by Crippen LogP contribution is 2.48. The molecule has 2 heterocycles. The number of carbonyl (C=O) groups is 2. The molecule has 0 unspecified atom stereocenters. The molecule has 1 saturated heterocycles. The molecular weight excluding hydrogens is 508 g/mol. The van der Waals surface area contributed by atoms with Crippen molar-refractivity contribution in [2.75, 3.05) is 4.90 Å². The Morgan fingerprint density at radius 2 is 0.976 bits per heavy atom. The van der Waals surface area contributed by atoms with E-state index in [9.17, 15) is 9.59 Å². The smallest absolute Gasteiger partial charge is 0.243 e. The molecule has 0 N–H and O–H groups in total. The summed E-state index contributed by atoms with van der Waals surface area (Å²) < 4.78 is 0. The van der Waals surface area contributed by atoms with Crippen molar-refractivity contribution in [3.8, 4) is 45.0 Å². The van der Waals surface area contributed by atoms with E-state index in [0.717, 1.165) is 38.3 Å². The monoisotopic (exact) mass is 538 g/mol. The topological polar surface area (TPSA) is 76.1 Å². The minimum atomic E-state index is -0.924. The lowest BCUT2D eigenvalue weighted by molar-refractivity contribution is -0.129. The average molecular weight is 539 g/mol. The van der Waals surface area contributed by atoms with Gasteiger partial charge in [0.25, 0.3) is 0 Å². The summed E-state index contributed by atoms with van der Waals surface area (Å²) in [5, 5.41) is 0. The number of imide groups is 1. The van der Waals surface area contributed by atoms with Crippen molar-refractivity contribution < 1.29 is 9.59 Å². The molecule has 0 saturated carbocycles. The number of hydrogen-bond acceptors (Lipinski definition) is 5. The van der Waals surface area contributed by atoms with Gasteiger partial charge in [0.15, 0.2) is 11.6 Å². The second-order valence-corrected chi connectivity index (χ2v) is 11.3. The largest absolute Gasteiger partial charge is 0.273 e. The minimum absolute atomic E-state index is 0.0339. The normalized spacial score (nSPS) is 15.8. The van der Waals surface area contributed by atoms with Gasteiger partial charge in [-0.15, -0.1) is 0 Å². The lowest BCUT2D eigenvalue weighted by Gasteiger charge is -2.28. The molecule has 41 heavy (non-hydrogen) atoms. The third kappa shape index (κ3) is 4.42. The number of hydrogen-bond donors (Lipinski definition) is 0. The Morgan fingerprint density at radius 3 is 1.61 bits per heavy atom. The maximum absolute atomic E-state index is 13.7. The number of amides is 2. The molecule has 2 amide bonds. The fraction of sp³-hybridized carbons (Fsp3) is 0.171. The molecule has 5 aromatic rings. The Morgan fingerprint density at radius 1 is 0.488 bits per heavy atom. The molecule has 0 aliphatic carbocycles. The molecule has 6 rings (SSSR count). The van der Waals surface area contributed by atoms with E-state index in [-0.39, 0.29) is 17.8 Å². The van der Waals surface area contributed by atoms with Crippen LogP contribution in [0, 0.1) is 10.8 Å². The summed E-state index contributed by atoms with van der Waals surface area (Å²) in [6.45, 7) is 7.18. The zero-order chi connectivity index (χ0) is 28.8. The van der Waals surface area contributed by atoms with Gasteiger partial charge in [0, 0.05) is 11.1 Å². The Balaban J connectivity index is 1.57. The standard InChI is InChI=1S/C35H30N4O2/c1-34(2)31(40)39(32(41)35(34,3)4)33-37-29(26-19-13-18-25(22-26)23-14-7-5-8-15-23)36-30(38-33)28-21-12-11-20-27(28)24-16-9-6-10-17-24/h5-22H,1-4H3. The van der Waals surface area contributed by atoms with E-state index < -0.39 is 10.8 Å². The molecule has 6 nitrogen and oxygen atoms in total. The van der Waals surface area contributed by atoms with Gasteiger partial charge in [0.1, 0.15) is 0 Å². The number of anilines is 1. The van der Waals surface area contributed by atoms with Crippen molar-refractivity contribution in [1.29, 1.82) is 0 Å². The van der Waals surface area contributed by atoms with Crippen molar-refractivity contribution in [2.24, 2.45) is 10.8 Å². The number of nitrogens with zero attached hydrogens (tertiary/aromatic N) is 4. The van der Waals surface area contributed by atoms with Gasteiger partial charge in [-0.2, -0.15) is 9.97 Å². The van der Waals surface area contributed by atoms with Crippen LogP contribution in [0.4, 0.5) is 5.95 Å². The van der Waals surface area contributed by atoms with Crippen LogP contribution >= 0.6 is 0 Å². The Labute approximate surface area is 239 Å². The first-order valence-electron chi connectivity index (χ1n) is 13.6. The van der Waals surface area contributed by atoms with Crippen molar-refractivity contribution in [1.82, 2.24) is 15.0 Å². The van der Waals surface area contributed by atoms with Crippen LogP contribution in [0.2, 0.25) is 0 Å². The second kappa shape index (κ2) is 9.89. The van der Waals surface area contributed by atoms with E-state index in [1.54, 1.807) is 27.7 Å². The predicted octanol–water partition coefficient (Wildman–Crippen LogP) is 7.47. The highest BCUT2D eigenvalue weighted by Gasteiger charge is 2.60. The van der Waals surface area contributed by atoms with Crippen LogP contribution in [0.3, 0.4) is 0 Å². The van der Waals surface area contributed by atoms with Gasteiger partial charge in [-0.3, -0.25) is 9.59 Å². The molecule has 0 spiro atoms. The number of benzene rings is 4. The fourth-order valence-corrected chi connectivity index (χ4v) is 5.10. The first-order chi connectivity index (χ1) is 19.7. The van der Waals surface area contributed by atoms with Crippen molar-refractivity contribution in [3.63, 3.8) is 0 Å². The van der Waals surface area contributed by atoms with Gasteiger partial charge in [0.2, 0.25) is 17.8 Å². The van der Waals surface area contributed by atoms with E-state index in [0.29, 0.717) is 11.6 Å². The van der Waals surface area contributed by atoms with Gasteiger partial charge in [-0.25, -0.2) is 9.88 Å². The molecule has 6 heteroatoms. The molecule has 1 aliphatic heterocycles. The molecule has 1 aliphatic rings. The van der Waals surface area contributed by atoms with Gasteiger partial charge < -0.3 is 0 Å². The van der Waals surface area contributed by atoms with E-state index >= 15 is 0 Å². The van der Waals surface area contributed by atoms with Crippen LogP contribution in [-0.4, -0.2) is 26.8 Å². The van der Waals surface area contributed by atoms with Crippen molar-refractivity contribution in [3.05, 3.63) is 109 Å². The average Bonchev–Trinajstić information content (AvgIpc) is 3.13. The Bertz CT molecular complexity index is 1750.